The molecular formula is C11H5Br3ClNO2. The van der Waals surface area contributed by atoms with Crippen LogP contribution in [-0.2, 0) is 0 Å². The lowest BCUT2D eigenvalue weighted by molar-refractivity contribution is 0.103. The summed E-state index contributed by atoms with van der Waals surface area (Å²) in [6.07, 6.45) is 0. The monoisotopic (exact) mass is 455 g/mol. The van der Waals surface area contributed by atoms with E-state index in [4.69, 9.17) is 11.6 Å². The quantitative estimate of drug-likeness (QED) is 0.630. The number of halogens is 4. The zero-order valence-electron chi connectivity index (χ0n) is 8.60. The van der Waals surface area contributed by atoms with Gasteiger partial charge in [0.05, 0.1) is 15.1 Å². The molecule has 7 heteroatoms. The van der Waals surface area contributed by atoms with Crippen LogP contribution in [0.1, 0.15) is 16.1 Å². The topological polar surface area (TPSA) is 53.1 Å². The number of aromatic hydroxyl groups is 1. The van der Waals surface area contributed by atoms with Gasteiger partial charge in [0.1, 0.15) is 16.0 Å². The van der Waals surface area contributed by atoms with Gasteiger partial charge in [-0.15, -0.1) is 0 Å². The number of aromatic amines is 1. The van der Waals surface area contributed by atoms with E-state index in [1.807, 2.05) is 0 Å². The molecule has 0 unspecified atom stereocenters. The number of aromatic nitrogens is 1. The fraction of sp³-hybridized carbons (Fsp3) is 0. The summed E-state index contributed by atoms with van der Waals surface area (Å²) in [5.74, 6) is -0.440. The molecule has 0 aliphatic rings. The largest absolute Gasteiger partial charge is 0.507 e. The first-order valence-electron chi connectivity index (χ1n) is 4.67. The summed E-state index contributed by atoms with van der Waals surface area (Å²) in [5, 5.41) is 10.1. The Balaban J connectivity index is 2.54. The lowest BCUT2D eigenvalue weighted by Crippen LogP contribution is -2.03. The number of nitrogens with one attached hydrogen (secondary N) is 1. The number of benzene rings is 1. The van der Waals surface area contributed by atoms with Gasteiger partial charge in [-0.05, 0) is 50.1 Å². The number of carbonyl (C=O) groups is 1. The highest BCUT2D eigenvalue weighted by Gasteiger charge is 2.22. The minimum absolute atomic E-state index is 0.0862. The molecule has 0 amide bonds. The lowest BCUT2D eigenvalue weighted by Gasteiger charge is -2.03. The van der Waals surface area contributed by atoms with Gasteiger partial charge in [-0.25, -0.2) is 0 Å². The van der Waals surface area contributed by atoms with Gasteiger partial charge in [0, 0.05) is 4.47 Å². The molecule has 3 nitrogen and oxygen atoms in total. The molecule has 0 bridgehead atoms. The standard InChI is InChI=1S/C11H5Br3ClNO2/c12-4-1-2-6(17)5(3-4)10(18)9-7(13)8(15)11(14)16-9/h1-3,16-17H. The highest BCUT2D eigenvalue weighted by molar-refractivity contribution is 9.11. The van der Waals surface area contributed by atoms with Gasteiger partial charge in [-0.2, -0.15) is 0 Å². The van der Waals surface area contributed by atoms with Crippen LogP contribution in [0.25, 0.3) is 0 Å². The Morgan fingerprint density at radius 1 is 1.28 bits per heavy atom. The van der Waals surface area contributed by atoms with Crippen molar-refractivity contribution in [1.29, 1.82) is 0 Å². The van der Waals surface area contributed by atoms with Crippen LogP contribution in [0.5, 0.6) is 5.75 Å². The number of rotatable bonds is 2. The maximum Gasteiger partial charge on any atom is 0.214 e. The van der Waals surface area contributed by atoms with Crippen molar-refractivity contribution in [3.05, 3.63) is 48.0 Å². The smallest absolute Gasteiger partial charge is 0.214 e. The molecule has 0 spiro atoms. The van der Waals surface area contributed by atoms with E-state index in [0.717, 1.165) is 0 Å². The van der Waals surface area contributed by atoms with Crippen LogP contribution in [0.2, 0.25) is 5.02 Å². The van der Waals surface area contributed by atoms with E-state index in [1.165, 1.54) is 6.07 Å². The summed E-state index contributed by atoms with van der Waals surface area (Å²) in [6, 6.07) is 4.65. The first kappa shape index (κ1) is 14.1. The van der Waals surface area contributed by atoms with Crippen LogP contribution >= 0.6 is 59.4 Å². The van der Waals surface area contributed by atoms with Gasteiger partial charge in [-0.1, -0.05) is 27.5 Å². The van der Waals surface area contributed by atoms with Crippen molar-refractivity contribution in [2.45, 2.75) is 0 Å². The number of ketones is 1. The summed E-state index contributed by atoms with van der Waals surface area (Å²) < 4.78 is 1.67. The SMILES string of the molecule is O=C(c1cc(Br)ccc1O)c1[nH]c(Br)c(Cl)c1Br. The number of hydrogen-bond acceptors (Lipinski definition) is 2. The Labute approximate surface area is 133 Å². The molecular weight excluding hydrogens is 453 g/mol. The number of hydrogen-bond donors (Lipinski definition) is 2. The van der Waals surface area contributed by atoms with E-state index in [0.29, 0.717) is 18.6 Å². The Bertz CT molecular complexity index is 639. The Hall–Kier alpha value is -0.300. The Morgan fingerprint density at radius 2 is 1.94 bits per heavy atom. The molecule has 2 rings (SSSR count). The summed E-state index contributed by atoms with van der Waals surface area (Å²) in [7, 11) is 0. The molecule has 0 aliphatic carbocycles. The molecule has 1 aromatic carbocycles. The maximum atomic E-state index is 12.3. The second-order valence-corrected chi connectivity index (χ2v) is 6.31. The molecule has 0 atom stereocenters. The molecule has 18 heavy (non-hydrogen) atoms. The number of H-pyrrole nitrogens is 1. The van der Waals surface area contributed by atoms with Crippen LogP contribution in [0.3, 0.4) is 0 Å². The fourth-order valence-electron chi connectivity index (χ4n) is 1.41. The summed E-state index contributed by atoms with van der Waals surface area (Å²) >= 11 is 15.6. The van der Waals surface area contributed by atoms with E-state index in [9.17, 15) is 9.90 Å². The van der Waals surface area contributed by atoms with Crippen molar-refractivity contribution in [2.75, 3.05) is 0 Å². The lowest BCUT2D eigenvalue weighted by atomic mass is 10.1. The summed E-state index contributed by atoms with van der Waals surface area (Å²) in [6.45, 7) is 0. The van der Waals surface area contributed by atoms with Gasteiger partial charge >= 0.3 is 0 Å². The zero-order valence-corrected chi connectivity index (χ0v) is 14.1. The van der Waals surface area contributed by atoms with E-state index >= 15 is 0 Å². The summed E-state index contributed by atoms with van der Waals surface area (Å²) in [4.78, 5) is 15.1. The third kappa shape index (κ3) is 2.52. The van der Waals surface area contributed by atoms with Crippen LogP contribution in [0, 0.1) is 0 Å². The van der Waals surface area contributed by atoms with E-state index in [-0.39, 0.29) is 22.8 Å². The molecule has 1 heterocycles. The first-order valence-corrected chi connectivity index (χ1v) is 7.43. The number of phenolic OH excluding ortho intramolecular Hbond substituents is 1. The zero-order chi connectivity index (χ0) is 13.4. The minimum atomic E-state index is -0.353. The molecule has 0 radical (unpaired) electrons. The van der Waals surface area contributed by atoms with Crippen LogP contribution < -0.4 is 0 Å². The van der Waals surface area contributed by atoms with Crippen molar-refractivity contribution >= 4 is 65.2 Å². The Kier molecular flexibility index (Phi) is 4.21. The van der Waals surface area contributed by atoms with Crippen LogP contribution in [0.4, 0.5) is 0 Å². The normalized spacial score (nSPS) is 10.7. The van der Waals surface area contributed by atoms with Crippen molar-refractivity contribution < 1.29 is 9.90 Å². The van der Waals surface area contributed by atoms with Gasteiger partial charge < -0.3 is 10.1 Å². The van der Waals surface area contributed by atoms with Gasteiger partial charge in [0.25, 0.3) is 0 Å². The van der Waals surface area contributed by atoms with Crippen molar-refractivity contribution in [1.82, 2.24) is 4.98 Å². The average molecular weight is 458 g/mol. The third-order valence-corrected chi connectivity index (χ3v) is 4.99. The predicted molar refractivity (Wildman–Crippen MR) is 80.4 cm³/mol. The van der Waals surface area contributed by atoms with E-state index in [1.54, 1.807) is 12.1 Å². The van der Waals surface area contributed by atoms with Crippen LogP contribution in [-0.4, -0.2) is 15.9 Å². The van der Waals surface area contributed by atoms with Crippen LogP contribution in [0.15, 0.2) is 31.7 Å². The molecule has 94 valence electrons. The fourth-order valence-corrected chi connectivity index (χ4v) is 3.05. The molecule has 2 N–H and O–H groups in total. The van der Waals surface area contributed by atoms with Gasteiger partial charge in [-0.3, -0.25) is 4.79 Å². The molecule has 1 aromatic heterocycles. The predicted octanol–water partition coefficient (Wildman–Crippen LogP) is 4.89. The van der Waals surface area contributed by atoms with Crippen molar-refractivity contribution in [3.8, 4) is 5.75 Å². The number of carbonyl (C=O) groups excluding carboxylic acids is 1. The minimum Gasteiger partial charge on any atom is -0.507 e. The second-order valence-electron chi connectivity index (χ2n) is 3.43. The van der Waals surface area contributed by atoms with Crippen molar-refractivity contribution in [3.63, 3.8) is 0 Å². The highest BCUT2D eigenvalue weighted by atomic mass is 79.9. The highest BCUT2D eigenvalue weighted by Crippen LogP contribution is 2.35. The third-order valence-electron chi connectivity index (χ3n) is 2.27. The number of phenols is 1. The first-order chi connectivity index (χ1) is 8.41. The molecule has 0 aliphatic heterocycles. The van der Waals surface area contributed by atoms with Gasteiger partial charge in [0.15, 0.2) is 0 Å². The second kappa shape index (κ2) is 5.36. The Morgan fingerprint density at radius 3 is 2.50 bits per heavy atom. The molecule has 0 saturated carbocycles. The van der Waals surface area contributed by atoms with E-state index < -0.39 is 0 Å². The molecule has 2 aromatic rings. The summed E-state index contributed by atoms with van der Waals surface area (Å²) in [5.41, 5.74) is 0.468. The molecule has 0 fully saturated rings. The maximum absolute atomic E-state index is 12.3. The average Bonchev–Trinajstić information content (AvgIpc) is 2.59. The van der Waals surface area contributed by atoms with Crippen molar-refractivity contribution in [2.24, 2.45) is 0 Å². The van der Waals surface area contributed by atoms with Gasteiger partial charge in [0.2, 0.25) is 5.78 Å². The van der Waals surface area contributed by atoms with E-state index in [2.05, 4.69) is 52.8 Å². The molecule has 0 saturated heterocycles.